The average molecular weight is 264 g/mol. The second-order valence-electron chi connectivity index (χ2n) is 4.31. The molecule has 0 bridgehead atoms. The fraction of sp³-hybridized carbons (Fsp3) is 0.429. The first-order valence-electron chi connectivity index (χ1n) is 6.28. The maximum atomic E-state index is 11.9. The van der Waals surface area contributed by atoms with Gasteiger partial charge in [-0.05, 0) is 38.0 Å². The van der Waals surface area contributed by atoms with Crippen molar-refractivity contribution < 1.29 is 14.7 Å². The van der Waals surface area contributed by atoms with E-state index in [1.807, 2.05) is 26.0 Å². The zero-order chi connectivity index (χ0) is 14.4. The molecule has 0 spiro atoms. The van der Waals surface area contributed by atoms with Crippen molar-refractivity contribution in [2.45, 2.75) is 20.8 Å². The van der Waals surface area contributed by atoms with E-state index in [2.05, 4.69) is 5.32 Å². The van der Waals surface area contributed by atoms with Crippen LogP contribution in [0.5, 0.6) is 0 Å². The number of nitrogens with one attached hydrogen (secondary N) is 1. The van der Waals surface area contributed by atoms with Crippen molar-refractivity contribution in [2.75, 3.05) is 25.0 Å². The number of amides is 2. The van der Waals surface area contributed by atoms with Crippen LogP contribution in [-0.4, -0.2) is 41.5 Å². The minimum atomic E-state index is -0.677. The molecule has 5 heteroatoms. The molecular weight excluding hydrogens is 244 g/mol. The number of nitrogens with zero attached hydrogens (tertiary/aromatic N) is 1. The molecule has 1 rings (SSSR count). The van der Waals surface area contributed by atoms with Gasteiger partial charge in [-0.25, -0.2) is 0 Å². The van der Waals surface area contributed by atoms with Crippen molar-refractivity contribution in [3.8, 4) is 0 Å². The number of hydrogen-bond acceptors (Lipinski definition) is 3. The number of aliphatic hydroxyl groups excluding tert-OH is 1. The third kappa shape index (κ3) is 3.79. The Kier molecular flexibility index (Phi) is 5.51. The Labute approximate surface area is 113 Å². The molecule has 0 radical (unpaired) electrons. The summed E-state index contributed by atoms with van der Waals surface area (Å²) in [6.45, 7) is 5.99. The van der Waals surface area contributed by atoms with E-state index in [0.29, 0.717) is 12.2 Å². The lowest BCUT2D eigenvalue weighted by Crippen LogP contribution is -2.41. The van der Waals surface area contributed by atoms with Gasteiger partial charge in [0.1, 0.15) is 0 Å². The second kappa shape index (κ2) is 6.89. The minimum Gasteiger partial charge on any atom is -0.395 e. The number of carbonyl (C=O) groups is 2. The van der Waals surface area contributed by atoms with Crippen LogP contribution in [0.2, 0.25) is 0 Å². The first kappa shape index (κ1) is 15.2. The highest BCUT2D eigenvalue weighted by atomic mass is 16.3. The predicted octanol–water partition coefficient (Wildman–Crippen LogP) is 1.08. The Balaban J connectivity index is 2.79. The van der Waals surface area contributed by atoms with Crippen LogP contribution < -0.4 is 5.32 Å². The molecule has 5 nitrogen and oxygen atoms in total. The monoisotopic (exact) mass is 264 g/mol. The summed E-state index contributed by atoms with van der Waals surface area (Å²) < 4.78 is 0. The van der Waals surface area contributed by atoms with Crippen molar-refractivity contribution in [2.24, 2.45) is 0 Å². The van der Waals surface area contributed by atoms with Crippen molar-refractivity contribution in [3.63, 3.8) is 0 Å². The van der Waals surface area contributed by atoms with Gasteiger partial charge in [-0.2, -0.15) is 0 Å². The summed E-state index contributed by atoms with van der Waals surface area (Å²) in [4.78, 5) is 25.0. The number of likely N-dealkylation sites (N-methyl/N-ethyl adjacent to an activating group) is 1. The van der Waals surface area contributed by atoms with Crippen molar-refractivity contribution >= 4 is 17.5 Å². The normalized spacial score (nSPS) is 10.1. The first-order chi connectivity index (χ1) is 9.01. The Morgan fingerprint density at radius 3 is 2.58 bits per heavy atom. The van der Waals surface area contributed by atoms with E-state index in [1.54, 1.807) is 13.0 Å². The van der Waals surface area contributed by atoms with Crippen LogP contribution in [0.1, 0.15) is 18.1 Å². The lowest BCUT2D eigenvalue weighted by molar-refractivity contribution is -0.143. The molecule has 2 amide bonds. The number of hydrogen-bond donors (Lipinski definition) is 2. The van der Waals surface area contributed by atoms with Crippen LogP contribution in [0.15, 0.2) is 18.2 Å². The van der Waals surface area contributed by atoms with Gasteiger partial charge in [0.15, 0.2) is 0 Å². The maximum Gasteiger partial charge on any atom is 0.313 e. The van der Waals surface area contributed by atoms with Gasteiger partial charge in [0.2, 0.25) is 0 Å². The molecule has 104 valence electrons. The Bertz CT molecular complexity index is 472. The molecular formula is C14H20N2O3. The van der Waals surface area contributed by atoms with Gasteiger partial charge in [-0.15, -0.1) is 0 Å². The number of aliphatic hydroxyl groups is 1. The fourth-order valence-electron chi connectivity index (χ4n) is 1.73. The van der Waals surface area contributed by atoms with Crippen LogP contribution in [0.3, 0.4) is 0 Å². The number of aryl methyl sites for hydroxylation is 1. The van der Waals surface area contributed by atoms with Gasteiger partial charge in [0.05, 0.1) is 6.61 Å². The molecule has 0 aliphatic heterocycles. The van der Waals surface area contributed by atoms with E-state index in [9.17, 15) is 9.59 Å². The standard InChI is InChI=1S/C14H20N2O3/c1-4-16(8-9-17)14(19)13(18)15-12-7-5-6-10(2)11(12)3/h5-7,17H,4,8-9H2,1-3H3,(H,15,18). The number of benzene rings is 1. The Morgan fingerprint density at radius 1 is 1.32 bits per heavy atom. The molecule has 0 unspecified atom stereocenters. The van der Waals surface area contributed by atoms with Crippen molar-refractivity contribution in [3.05, 3.63) is 29.3 Å². The van der Waals surface area contributed by atoms with Crippen LogP contribution in [-0.2, 0) is 9.59 Å². The SMILES string of the molecule is CCN(CCO)C(=O)C(=O)Nc1cccc(C)c1C. The first-order valence-corrected chi connectivity index (χ1v) is 6.28. The van der Waals surface area contributed by atoms with Gasteiger partial charge in [0.25, 0.3) is 0 Å². The Hall–Kier alpha value is -1.88. The largest absolute Gasteiger partial charge is 0.395 e. The summed E-state index contributed by atoms with van der Waals surface area (Å²) >= 11 is 0. The fourth-order valence-corrected chi connectivity index (χ4v) is 1.73. The molecule has 0 saturated carbocycles. The van der Waals surface area contributed by atoms with Gasteiger partial charge < -0.3 is 15.3 Å². The summed E-state index contributed by atoms with van der Waals surface area (Å²) in [6.07, 6.45) is 0. The van der Waals surface area contributed by atoms with E-state index >= 15 is 0 Å². The lowest BCUT2D eigenvalue weighted by atomic mass is 10.1. The third-order valence-electron chi connectivity index (χ3n) is 3.09. The molecule has 1 aromatic carbocycles. The summed E-state index contributed by atoms with van der Waals surface area (Å²) in [5.74, 6) is -1.30. The molecule has 0 aliphatic rings. The highest BCUT2D eigenvalue weighted by Gasteiger charge is 2.20. The molecule has 0 fully saturated rings. The summed E-state index contributed by atoms with van der Waals surface area (Å²) in [7, 11) is 0. The summed E-state index contributed by atoms with van der Waals surface area (Å²) in [5, 5.41) is 11.5. The van der Waals surface area contributed by atoms with Gasteiger partial charge in [-0.3, -0.25) is 9.59 Å². The highest BCUT2D eigenvalue weighted by molar-refractivity contribution is 6.39. The van der Waals surface area contributed by atoms with Crippen LogP contribution in [0, 0.1) is 13.8 Å². The average Bonchev–Trinajstić information content (AvgIpc) is 2.40. The second-order valence-corrected chi connectivity index (χ2v) is 4.31. The summed E-state index contributed by atoms with van der Waals surface area (Å²) in [5.41, 5.74) is 2.63. The smallest absolute Gasteiger partial charge is 0.313 e. The molecule has 0 saturated heterocycles. The molecule has 0 heterocycles. The number of carbonyl (C=O) groups excluding carboxylic acids is 2. The maximum absolute atomic E-state index is 11.9. The van der Waals surface area contributed by atoms with Crippen molar-refractivity contribution in [1.82, 2.24) is 4.90 Å². The van der Waals surface area contributed by atoms with E-state index in [0.717, 1.165) is 11.1 Å². The highest BCUT2D eigenvalue weighted by Crippen LogP contribution is 2.17. The zero-order valence-corrected chi connectivity index (χ0v) is 11.6. The van der Waals surface area contributed by atoms with E-state index in [1.165, 1.54) is 4.90 Å². The predicted molar refractivity (Wildman–Crippen MR) is 73.9 cm³/mol. The Morgan fingerprint density at radius 2 is 2.00 bits per heavy atom. The molecule has 2 N–H and O–H groups in total. The van der Waals surface area contributed by atoms with E-state index in [4.69, 9.17) is 5.11 Å². The van der Waals surface area contributed by atoms with Crippen LogP contribution in [0.4, 0.5) is 5.69 Å². The van der Waals surface area contributed by atoms with Gasteiger partial charge >= 0.3 is 11.8 Å². The van der Waals surface area contributed by atoms with Crippen LogP contribution >= 0.6 is 0 Å². The van der Waals surface area contributed by atoms with Gasteiger partial charge in [-0.1, -0.05) is 12.1 Å². The third-order valence-corrected chi connectivity index (χ3v) is 3.09. The van der Waals surface area contributed by atoms with E-state index < -0.39 is 11.8 Å². The quantitative estimate of drug-likeness (QED) is 0.800. The minimum absolute atomic E-state index is 0.156. The molecule has 0 aliphatic carbocycles. The molecule has 1 aromatic rings. The number of rotatable bonds is 4. The molecule has 19 heavy (non-hydrogen) atoms. The van der Waals surface area contributed by atoms with Crippen LogP contribution in [0.25, 0.3) is 0 Å². The van der Waals surface area contributed by atoms with E-state index in [-0.39, 0.29) is 13.2 Å². The lowest BCUT2D eigenvalue weighted by Gasteiger charge is -2.19. The molecule has 0 atom stereocenters. The van der Waals surface area contributed by atoms with Gasteiger partial charge in [0, 0.05) is 18.8 Å². The number of anilines is 1. The topological polar surface area (TPSA) is 69.6 Å². The molecule has 0 aromatic heterocycles. The zero-order valence-electron chi connectivity index (χ0n) is 11.6. The summed E-state index contributed by atoms with van der Waals surface area (Å²) in [6, 6.07) is 5.53. The van der Waals surface area contributed by atoms with Crippen molar-refractivity contribution in [1.29, 1.82) is 0 Å².